The minimum absolute atomic E-state index is 0.0620. The molecule has 0 bridgehead atoms. The summed E-state index contributed by atoms with van der Waals surface area (Å²) in [5.41, 5.74) is 15.8. The van der Waals surface area contributed by atoms with E-state index in [9.17, 15) is 43.8 Å². The molecule has 19 nitrogen and oxygen atoms in total. The maximum absolute atomic E-state index is 13.0. The molecule has 0 saturated heterocycles. The second kappa shape index (κ2) is 19.8. The molecule has 14 N–H and O–H groups in total. The van der Waals surface area contributed by atoms with E-state index in [1.165, 1.54) is 6.92 Å². The van der Waals surface area contributed by atoms with Crippen LogP contribution in [0.25, 0.3) is 0 Å². The van der Waals surface area contributed by atoms with Crippen molar-refractivity contribution in [3.63, 3.8) is 0 Å². The highest BCUT2D eigenvalue weighted by Crippen LogP contribution is 2.03. The summed E-state index contributed by atoms with van der Waals surface area (Å²) in [4.78, 5) is 88.3. The molecule has 0 heterocycles. The van der Waals surface area contributed by atoms with Crippen LogP contribution in [0.2, 0.25) is 0 Å². The molecule has 42 heavy (non-hydrogen) atoms. The first-order valence-electron chi connectivity index (χ1n) is 12.6. The van der Waals surface area contributed by atoms with Gasteiger partial charge in [-0.25, -0.2) is 4.79 Å². The van der Waals surface area contributed by atoms with Crippen LogP contribution in [0.5, 0.6) is 0 Å². The summed E-state index contributed by atoms with van der Waals surface area (Å²) in [6, 6.07) is -6.94. The topological polar surface area (TPSA) is 331 Å². The Morgan fingerprint density at radius 1 is 0.786 bits per heavy atom. The number of nitrogens with one attached hydrogen (secondary N) is 5. The fraction of sp³-hybridized carbons (Fsp3) is 0.636. The summed E-state index contributed by atoms with van der Waals surface area (Å²) in [5.74, 6) is -7.44. The molecule has 0 aromatic rings. The molecule has 0 aliphatic heterocycles. The molecular weight excluding hydrogens is 582 g/mol. The van der Waals surface area contributed by atoms with Gasteiger partial charge in [-0.15, -0.1) is 0 Å². The number of aliphatic hydroxyl groups is 1. The number of amides is 5. The molecule has 0 aromatic heterocycles. The summed E-state index contributed by atoms with van der Waals surface area (Å²) in [5, 5.41) is 39.0. The van der Waals surface area contributed by atoms with E-state index < -0.39 is 91.1 Å². The molecule has 238 valence electrons. The smallest absolute Gasteiger partial charge is 0.326 e. The number of carboxylic acids is 2. The van der Waals surface area contributed by atoms with Gasteiger partial charge in [0.15, 0.2) is 5.96 Å². The minimum Gasteiger partial charge on any atom is -0.481 e. The molecule has 0 radical (unpaired) electrons. The third-order valence-electron chi connectivity index (χ3n) is 5.43. The molecule has 0 aliphatic carbocycles. The first kappa shape index (κ1) is 37.8. The van der Waals surface area contributed by atoms with Gasteiger partial charge in [-0.1, -0.05) is 0 Å². The molecule has 5 amide bonds. The minimum atomic E-state index is -1.67. The van der Waals surface area contributed by atoms with Gasteiger partial charge in [-0.2, -0.15) is 12.6 Å². The van der Waals surface area contributed by atoms with E-state index in [1.807, 2.05) is 5.32 Å². The normalized spacial score (nSPS) is 14.1. The Hall–Kier alpha value is -4.17. The Labute approximate surface area is 246 Å². The maximum Gasteiger partial charge on any atom is 0.326 e. The number of carboxylic acid groups (broad SMARTS) is 2. The van der Waals surface area contributed by atoms with Crippen LogP contribution >= 0.6 is 12.6 Å². The van der Waals surface area contributed by atoms with Gasteiger partial charge >= 0.3 is 11.9 Å². The van der Waals surface area contributed by atoms with Crippen molar-refractivity contribution in [3.8, 4) is 0 Å². The van der Waals surface area contributed by atoms with Crippen LogP contribution in [0.4, 0.5) is 0 Å². The highest BCUT2D eigenvalue weighted by atomic mass is 32.1. The summed E-state index contributed by atoms with van der Waals surface area (Å²) in [6.07, 6.45) is -0.938. The van der Waals surface area contributed by atoms with E-state index in [2.05, 4.69) is 38.9 Å². The van der Waals surface area contributed by atoms with Crippen molar-refractivity contribution in [2.24, 2.45) is 22.2 Å². The number of rotatable bonds is 20. The van der Waals surface area contributed by atoms with Gasteiger partial charge in [0.1, 0.15) is 30.2 Å². The number of carbonyl (C=O) groups excluding carboxylic acids is 5. The van der Waals surface area contributed by atoms with E-state index in [4.69, 9.17) is 22.3 Å². The van der Waals surface area contributed by atoms with Gasteiger partial charge < -0.3 is 59.1 Å². The molecular formula is C22H39N9O10S. The molecule has 0 aromatic carbocycles. The number of aliphatic imine (C=N–C) groups is 1. The number of aliphatic carboxylic acids is 2. The summed E-state index contributed by atoms with van der Waals surface area (Å²) in [6.45, 7) is 0.0155. The van der Waals surface area contributed by atoms with Crippen molar-refractivity contribution in [1.29, 1.82) is 0 Å². The van der Waals surface area contributed by atoms with Gasteiger partial charge in [-0.3, -0.25) is 33.8 Å². The Balaban J connectivity index is 5.57. The Bertz CT molecular complexity index is 1010. The molecule has 0 rings (SSSR count). The zero-order valence-electron chi connectivity index (χ0n) is 22.9. The third-order valence-corrected chi connectivity index (χ3v) is 5.79. The van der Waals surface area contributed by atoms with Crippen LogP contribution < -0.4 is 43.8 Å². The lowest BCUT2D eigenvalue weighted by Crippen LogP contribution is -2.59. The van der Waals surface area contributed by atoms with Crippen molar-refractivity contribution in [2.45, 2.75) is 62.8 Å². The second-order valence-electron chi connectivity index (χ2n) is 8.82. The average molecular weight is 622 g/mol. The zero-order chi connectivity index (χ0) is 32.4. The number of aliphatic hydroxyl groups excluding tert-OH is 1. The van der Waals surface area contributed by atoms with Gasteiger partial charge in [0, 0.05) is 18.7 Å². The average Bonchev–Trinajstić information content (AvgIpc) is 2.92. The van der Waals surface area contributed by atoms with Crippen molar-refractivity contribution >= 4 is 60.1 Å². The number of nitrogens with zero attached hydrogens (tertiary/aromatic N) is 1. The van der Waals surface area contributed by atoms with Crippen LogP contribution in [-0.4, -0.2) is 118 Å². The van der Waals surface area contributed by atoms with E-state index in [0.717, 1.165) is 0 Å². The lowest BCUT2D eigenvalue weighted by molar-refractivity contribution is -0.143. The maximum atomic E-state index is 13.0. The molecule has 0 aliphatic rings. The zero-order valence-corrected chi connectivity index (χ0v) is 23.8. The summed E-state index contributed by atoms with van der Waals surface area (Å²) < 4.78 is 0. The number of nitrogens with two attached hydrogens (primary N) is 3. The van der Waals surface area contributed by atoms with E-state index in [-0.39, 0.29) is 37.6 Å². The Morgan fingerprint density at radius 2 is 1.33 bits per heavy atom. The number of carbonyl (C=O) groups is 7. The fourth-order valence-corrected chi connectivity index (χ4v) is 3.42. The highest BCUT2D eigenvalue weighted by Gasteiger charge is 2.31. The Morgan fingerprint density at radius 3 is 1.83 bits per heavy atom. The second-order valence-corrected chi connectivity index (χ2v) is 9.19. The summed E-state index contributed by atoms with van der Waals surface area (Å²) >= 11 is 3.99. The molecule has 0 saturated carbocycles. The quantitative estimate of drug-likeness (QED) is 0.0261. The van der Waals surface area contributed by atoms with Crippen LogP contribution in [0, 0.1) is 0 Å². The van der Waals surface area contributed by atoms with E-state index in [1.54, 1.807) is 0 Å². The number of hydrogen-bond acceptors (Lipinski definition) is 11. The molecule has 20 heteroatoms. The van der Waals surface area contributed by atoms with Gasteiger partial charge in [0.05, 0.1) is 13.2 Å². The van der Waals surface area contributed by atoms with E-state index in [0.29, 0.717) is 0 Å². The van der Waals surface area contributed by atoms with Gasteiger partial charge in [0.2, 0.25) is 29.5 Å². The van der Waals surface area contributed by atoms with Crippen molar-refractivity contribution in [2.75, 3.05) is 25.4 Å². The van der Waals surface area contributed by atoms with Gasteiger partial charge in [-0.05, 0) is 26.2 Å². The standard InChI is InChI=1S/C22H39N9O10S/c1-10(27-20(39)14(9-42)28-15(33)7-23)17(36)29-11(3-2-6-26-22(24)25)18(37)31-13(8-32)19(38)30-12(21(40)41)4-5-16(34)35/h10-14,32,42H,2-9,23H2,1H3,(H,27,39)(H,28,33)(H,29,36)(H,30,38)(H,31,37)(H,34,35)(H,40,41)(H4,24,25,26)/t10-,11-,12-,13-,14-/m0/s1. The molecule has 0 fully saturated rings. The van der Waals surface area contributed by atoms with Crippen LogP contribution in [-0.2, 0) is 33.6 Å². The van der Waals surface area contributed by atoms with Crippen LogP contribution in [0.15, 0.2) is 4.99 Å². The van der Waals surface area contributed by atoms with Crippen molar-refractivity contribution < 1.29 is 48.9 Å². The highest BCUT2D eigenvalue weighted by molar-refractivity contribution is 7.80. The third kappa shape index (κ3) is 15.0. The molecule has 5 atom stereocenters. The number of hydrogen-bond donors (Lipinski definition) is 12. The van der Waals surface area contributed by atoms with Gasteiger partial charge in [0.25, 0.3) is 0 Å². The Kier molecular flexibility index (Phi) is 17.9. The molecule has 0 spiro atoms. The van der Waals surface area contributed by atoms with E-state index >= 15 is 0 Å². The van der Waals surface area contributed by atoms with Crippen LogP contribution in [0.1, 0.15) is 32.6 Å². The fourth-order valence-electron chi connectivity index (χ4n) is 3.16. The number of guanidine groups is 1. The lowest BCUT2D eigenvalue weighted by atomic mass is 10.1. The first-order valence-corrected chi connectivity index (χ1v) is 13.2. The SMILES string of the molecule is C[C@H](NC(=O)[C@H](CS)NC(=O)CN)C(=O)N[C@@H](CCCN=C(N)N)C(=O)N[C@@H](CO)C(=O)N[C@@H](CCC(=O)O)C(=O)O. The predicted octanol–water partition coefficient (Wildman–Crippen LogP) is -5.69. The monoisotopic (exact) mass is 621 g/mol. The first-order chi connectivity index (χ1) is 19.7. The summed E-state index contributed by atoms with van der Waals surface area (Å²) in [7, 11) is 0. The predicted molar refractivity (Wildman–Crippen MR) is 150 cm³/mol. The van der Waals surface area contributed by atoms with Crippen molar-refractivity contribution in [3.05, 3.63) is 0 Å². The lowest BCUT2D eigenvalue weighted by Gasteiger charge is -2.25. The largest absolute Gasteiger partial charge is 0.481 e. The van der Waals surface area contributed by atoms with Crippen molar-refractivity contribution in [1.82, 2.24) is 26.6 Å². The molecule has 0 unspecified atom stereocenters. The number of thiol groups is 1. The van der Waals surface area contributed by atoms with Crippen LogP contribution in [0.3, 0.4) is 0 Å².